The Kier molecular flexibility index (Phi) is 2.49. The van der Waals surface area contributed by atoms with Gasteiger partial charge in [0.25, 0.3) is 0 Å². The van der Waals surface area contributed by atoms with Crippen molar-refractivity contribution in [3.05, 3.63) is 30.2 Å². The Morgan fingerprint density at radius 2 is 2.00 bits per heavy atom. The zero-order chi connectivity index (χ0) is 13.6. The van der Waals surface area contributed by atoms with Gasteiger partial charge in [-0.25, -0.2) is 4.98 Å². The summed E-state index contributed by atoms with van der Waals surface area (Å²) in [5.74, 6) is 1.78. The molecule has 0 atom stereocenters. The van der Waals surface area contributed by atoms with Crippen LogP contribution in [-0.2, 0) is 5.41 Å². The maximum absolute atomic E-state index is 5.44. The van der Waals surface area contributed by atoms with Crippen molar-refractivity contribution in [2.45, 2.75) is 26.2 Å². The van der Waals surface area contributed by atoms with Gasteiger partial charge in [-0.1, -0.05) is 20.8 Å². The van der Waals surface area contributed by atoms with Crippen LogP contribution < -0.4 is 4.74 Å². The highest BCUT2D eigenvalue weighted by Gasteiger charge is 2.20. The third kappa shape index (κ3) is 1.84. The Labute approximate surface area is 111 Å². The van der Waals surface area contributed by atoms with Gasteiger partial charge in [0.05, 0.1) is 12.6 Å². The van der Waals surface area contributed by atoms with Crippen LogP contribution in [0.3, 0.4) is 0 Å². The second-order valence-electron chi connectivity index (χ2n) is 5.71. The van der Waals surface area contributed by atoms with E-state index in [4.69, 9.17) is 9.72 Å². The van der Waals surface area contributed by atoms with Crippen LogP contribution in [0.1, 0.15) is 26.6 Å². The molecule has 19 heavy (non-hydrogen) atoms. The maximum Gasteiger partial charge on any atom is 0.130 e. The number of methoxy groups -OCH3 is 1. The average Bonchev–Trinajstić information content (AvgIpc) is 2.81. The van der Waals surface area contributed by atoms with Crippen LogP contribution >= 0.6 is 0 Å². The molecule has 1 aromatic carbocycles. The highest BCUT2D eigenvalue weighted by atomic mass is 16.5. The fraction of sp³-hybridized carbons (Fsp3) is 0.333. The Balaban J connectivity index is 2.42. The third-order valence-corrected chi connectivity index (χ3v) is 3.24. The van der Waals surface area contributed by atoms with E-state index in [1.165, 1.54) is 0 Å². The van der Waals surface area contributed by atoms with Crippen molar-refractivity contribution in [2.75, 3.05) is 7.11 Å². The van der Waals surface area contributed by atoms with E-state index in [1.807, 2.05) is 18.2 Å². The Hall–Kier alpha value is -2.10. The minimum absolute atomic E-state index is 0.0205. The fourth-order valence-electron chi connectivity index (χ4n) is 2.20. The molecule has 2 aromatic heterocycles. The SMILES string of the molecule is COc1cc2[nH]c(C(C)(C)C)nc2c2ncccc12. The molecular weight excluding hydrogens is 238 g/mol. The number of aromatic amines is 1. The third-order valence-electron chi connectivity index (χ3n) is 3.24. The highest BCUT2D eigenvalue weighted by Crippen LogP contribution is 2.32. The molecule has 3 aromatic rings. The van der Waals surface area contributed by atoms with Gasteiger partial charge in [0.2, 0.25) is 0 Å². The topological polar surface area (TPSA) is 50.8 Å². The lowest BCUT2D eigenvalue weighted by atomic mass is 9.96. The molecule has 4 heteroatoms. The number of hydrogen-bond donors (Lipinski definition) is 1. The minimum atomic E-state index is -0.0205. The second-order valence-corrected chi connectivity index (χ2v) is 5.71. The van der Waals surface area contributed by atoms with Crippen molar-refractivity contribution in [2.24, 2.45) is 0 Å². The molecule has 0 aliphatic heterocycles. The number of rotatable bonds is 1. The number of nitrogens with zero attached hydrogens (tertiary/aromatic N) is 2. The zero-order valence-corrected chi connectivity index (χ0v) is 11.6. The van der Waals surface area contributed by atoms with Gasteiger partial charge in [0.1, 0.15) is 22.6 Å². The molecular formula is C15H17N3O. The molecule has 0 fully saturated rings. The quantitative estimate of drug-likeness (QED) is 0.725. The minimum Gasteiger partial charge on any atom is -0.496 e. The van der Waals surface area contributed by atoms with E-state index < -0.39 is 0 Å². The van der Waals surface area contributed by atoms with Crippen LogP contribution in [0, 0.1) is 0 Å². The predicted octanol–water partition coefficient (Wildman–Crippen LogP) is 3.42. The average molecular weight is 255 g/mol. The summed E-state index contributed by atoms with van der Waals surface area (Å²) in [5, 5.41) is 0.990. The van der Waals surface area contributed by atoms with E-state index in [0.29, 0.717) is 0 Å². The van der Waals surface area contributed by atoms with E-state index in [9.17, 15) is 0 Å². The molecule has 0 spiro atoms. The molecule has 3 rings (SSSR count). The molecule has 0 aliphatic rings. The number of imidazole rings is 1. The van der Waals surface area contributed by atoms with E-state index in [1.54, 1.807) is 13.3 Å². The molecule has 0 unspecified atom stereocenters. The lowest BCUT2D eigenvalue weighted by Gasteiger charge is -2.13. The van der Waals surface area contributed by atoms with Crippen LogP contribution in [0.15, 0.2) is 24.4 Å². The van der Waals surface area contributed by atoms with Crippen molar-refractivity contribution in [3.63, 3.8) is 0 Å². The summed E-state index contributed by atoms with van der Waals surface area (Å²) in [7, 11) is 1.68. The number of fused-ring (bicyclic) bond motifs is 3. The van der Waals surface area contributed by atoms with Gasteiger partial charge in [-0.05, 0) is 12.1 Å². The maximum atomic E-state index is 5.44. The summed E-state index contributed by atoms with van der Waals surface area (Å²) in [6.07, 6.45) is 1.78. The molecule has 0 saturated heterocycles. The van der Waals surface area contributed by atoms with Gasteiger partial charge >= 0.3 is 0 Å². The molecule has 98 valence electrons. The van der Waals surface area contributed by atoms with Crippen LogP contribution in [0.25, 0.3) is 21.9 Å². The van der Waals surface area contributed by atoms with Crippen molar-refractivity contribution in [1.29, 1.82) is 0 Å². The van der Waals surface area contributed by atoms with E-state index in [0.717, 1.165) is 33.5 Å². The molecule has 0 radical (unpaired) electrons. The molecule has 2 heterocycles. The van der Waals surface area contributed by atoms with Gasteiger partial charge in [-0.15, -0.1) is 0 Å². The van der Waals surface area contributed by atoms with Gasteiger partial charge in [-0.3, -0.25) is 4.98 Å². The monoisotopic (exact) mass is 255 g/mol. The zero-order valence-electron chi connectivity index (χ0n) is 11.6. The van der Waals surface area contributed by atoms with Crippen LogP contribution in [0.4, 0.5) is 0 Å². The summed E-state index contributed by atoms with van der Waals surface area (Å²) in [5.41, 5.74) is 2.73. The van der Waals surface area contributed by atoms with E-state index >= 15 is 0 Å². The number of benzene rings is 1. The van der Waals surface area contributed by atoms with Crippen molar-refractivity contribution in [1.82, 2.24) is 15.0 Å². The van der Waals surface area contributed by atoms with Crippen molar-refractivity contribution >= 4 is 21.9 Å². The number of aromatic nitrogens is 3. The first-order valence-electron chi connectivity index (χ1n) is 6.32. The lowest BCUT2D eigenvalue weighted by molar-refractivity contribution is 0.420. The van der Waals surface area contributed by atoms with Gasteiger partial charge < -0.3 is 9.72 Å². The Bertz CT molecular complexity index is 753. The number of ether oxygens (including phenoxy) is 1. The van der Waals surface area contributed by atoms with Crippen LogP contribution in [-0.4, -0.2) is 22.1 Å². The van der Waals surface area contributed by atoms with Crippen LogP contribution in [0.5, 0.6) is 5.75 Å². The molecule has 0 aliphatic carbocycles. The van der Waals surface area contributed by atoms with Crippen molar-refractivity contribution in [3.8, 4) is 5.75 Å². The summed E-state index contributed by atoms with van der Waals surface area (Å²) in [4.78, 5) is 12.5. The smallest absolute Gasteiger partial charge is 0.130 e. The molecule has 0 amide bonds. The summed E-state index contributed by atoms with van der Waals surface area (Å²) >= 11 is 0. The molecule has 4 nitrogen and oxygen atoms in total. The first-order valence-corrected chi connectivity index (χ1v) is 6.32. The largest absolute Gasteiger partial charge is 0.496 e. The number of nitrogens with one attached hydrogen (secondary N) is 1. The number of hydrogen-bond acceptors (Lipinski definition) is 3. The summed E-state index contributed by atoms with van der Waals surface area (Å²) in [6, 6.07) is 5.90. The van der Waals surface area contributed by atoms with Gasteiger partial charge in [0.15, 0.2) is 0 Å². The summed E-state index contributed by atoms with van der Waals surface area (Å²) in [6.45, 7) is 6.41. The number of pyridine rings is 1. The van der Waals surface area contributed by atoms with E-state index in [2.05, 4.69) is 30.7 Å². The predicted molar refractivity (Wildman–Crippen MR) is 76.6 cm³/mol. The summed E-state index contributed by atoms with van der Waals surface area (Å²) < 4.78 is 5.44. The normalized spacial score (nSPS) is 12.2. The first kappa shape index (κ1) is 12.0. The van der Waals surface area contributed by atoms with Crippen molar-refractivity contribution < 1.29 is 4.74 Å². The van der Waals surface area contributed by atoms with Crippen LogP contribution in [0.2, 0.25) is 0 Å². The lowest BCUT2D eigenvalue weighted by Crippen LogP contribution is -2.12. The van der Waals surface area contributed by atoms with E-state index in [-0.39, 0.29) is 5.41 Å². The van der Waals surface area contributed by atoms with Gasteiger partial charge in [-0.2, -0.15) is 0 Å². The molecule has 0 bridgehead atoms. The number of H-pyrrole nitrogens is 1. The molecule has 0 saturated carbocycles. The second kappa shape index (κ2) is 3.95. The standard InChI is InChI=1S/C15H17N3O/c1-15(2,3)14-17-10-8-11(19-4)9-6-5-7-16-12(9)13(10)18-14/h5-8H,1-4H3,(H,17,18). The fourth-order valence-corrected chi connectivity index (χ4v) is 2.20. The molecule has 1 N–H and O–H groups in total. The Morgan fingerprint density at radius 3 is 2.68 bits per heavy atom. The Morgan fingerprint density at radius 1 is 1.21 bits per heavy atom. The first-order chi connectivity index (χ1) is 9.00. The highest BCUT2D eigenvalue weighted by molar-refractivity contribution is 6.04. The van der Waals surface area contributed by atoms with Gasteiger partial charge in [0, 0.05) is 23.1 Å².